The molecule has 0 bridgehead atoms. The van der Waals surface area contributed by atoms with Crippen LogP contribution in [0.5, 0.6) is 0 Å². The van der Waals surface area contributed by atoms with Gasteiger partial charge in [0.2, 0.25) is 5.91 Å². The Hall–Kier alpha value is -2.35. The fourth-order valence-electron chi connectivity index (χ4n) is 3.60. The molecule has 1 atom stereocenters. The van der Waals surface area contributed by atoms with E-state index in [9.17, 15) is 9.59 Å². The van der Waals surface area contributed by atoms with Gasteiger partial charge in [0, 0.05) is 11.6 Å². The maximum Gasteiger partial charge on any atom is 0.318 e. The minimum atomic E-state index is -0.848. The molecule has 3 N–H and O–H groups in total. The van der Waals surface area contributed by atoms with E-state index in [1.54, 1.807) is 6.92 Å². The van der Waals surface area contributed by atoms with Crippen molar-refractivity contribution in [3.05, 3.63) is 29.8 Å². The number of benzene rings is 1. The molecule has 0 radical (unpaired) electrons. The first kappa shape index (κ1) is 21.4. The summed E-state index contributed by atoms with van der Waals surface area (Å²) in [5, 5.41) is 11.2. The fourth-order valence-corrected chi connectivity index (χ4v) is 4.52. The summed E-state index contributed by atoms with van der Waals surface area (Å²) in [7, 11) is 0. The zero-order valence-corrected chi connectivity index (χ0v) is 18.3. The molecule has 0 unspecified atom stereocenters. The van der Waals surface area contributed by atoms with Crippen LogP contribution >= 0.6 is 11.8 Å². The van der Waals surface area contributed by atoms with Crippen molar-refractivity contribution in [3.8, 4) is 11.4 Å². The van der Waals surface area contributed by atoms with Crippen LogP contribution in [0.25, 0.3) is 11.4 Å². The number of primary amides is 1. The molecule has 156 valence electrons. The molecule has 0 aliphatic heterocycles. The van der Waals surface area contributed by atoms with Crippen LogP contribution in [0.4, 0.5) is 4.79 Å². The molecule has 1 aromatic carbocycles. The third kappa shape index (κ3) is 4.98. The second-order valence-electron chi connectivity index (χ2n) is 8.56. The van der Waals surface area contributed by atoms with Gasteiger partial charge in [-0.3, -0.25) is 14.7 Å². The zero-order valence-electron chi connectivity index (χ0n) is 17.4. The number of aromatic nitrogens is 3. The molecule has 1 aromatic heterocycles. The normalized spacial score (nSPS) is 16.0. The first-order chi connectivity index (χ1) is 13.7. The first-order valence-electron chi connectivity index (χ1n) is 9.99. The molecule has 3 rings (SSSR count). The summed E-state index contributed by atoms with van der Waals surface area (Å²) in [4.78, 5) is 23.1. The number of nitrogens with two attached hydrogens (primary N) is 1. The summed E-state index contributed by atoms with van der Waals surface area (Å²) in [5.74, 6) is 0.391. The van der Waals surface area contributed by atoms with Gasteiger partial charge in [0.05, 0.1) is 5.25 Å². The SMILES string of the molecule is C[C@@H](Sc1nnc(-c2ccc(C(C)(C)C)cc2)n1C1CCCC1)C(=O)NC(N)=O. The van der Waals surface area contributed by atoms with Crippen molar-refractivity contribution >= 4 is 23.7 Å². The molecule has 1 aliphatic carbocycles. The van der Waals surface area contributed by atoms with Crippen LogP contribution in [-0.4, -0.2) is 32.0 Å². The Morgan fingerprint density at radius 3 is 2.34 bits per heavy atom. The van der Waals surface area contributed by atoms with Gasteiger partial charge in [-0.1, -0.05) is 69.6 Å². The zero-order chi connectivity index (χ0) is 21.2. The number of carbonyl (C=O) groups excluding carboxylic acids is 2. The molecular weight excluding hydrogens is 386 g/mol. The van der Waals surface area contributed by atoms with Crippen LogP contribution in [0.3, 0.4) is 0 Å². The summed E-state index contributed by atoms with van der Waals surface area (Å²) in [6.07, 6.45) is 4.49. The minimum Gasteiger partial charge on any atom is -0.351 e. The van der Waals surface area contributed by atoms with Gasteiger partial charge in [-0.25, -0.2) is 4.79 Å². The molecular formula is C21H29N5O2S. The largest absolute Gasteiger partial charge is 0.351 e. The van der Waals surface area contributed by atoms with Gasteiger partial charge in [0.1, 0.15) is 0 Å². The Morgan fingerprint density at radius 2 is 1.79 bits per heavy atom. The molecule has 1 aliphatic rings. The summed E-state index contributed by atoms with van der Waals surface area (Å²) < 4.78 is 2.16. The molecule has 2 aromatic rings. The molecule has 1 heterocycles. The predicted molar refractivity (Wildman–Crippen MR) is 115 cm³/mol. The highest BCUT2D eigenvalue weighted by molar-refractivity contribution is 8.00. The van der Waals surface area contributed by atoms with Crippen molar-refractivity contribution < 1.29 is 9.59 Å². The molecule has 1 fully saturated rings. The lowest BCUT2D eigenvalue weighted by Crippen LogP contribution is -2.39. The average Bonchev–Trinajstić information content (AvgIpc) is 3.29. The van der Waals surface area contributed by atoms with Crippen molar-refractivity contribution in [2.45, 2.75) is 75.2 Å². The maximum absolute atomic E-state index is 12.1. The van der Waals surface area contributed by atoms with Crippen LogP contribution in [0.2, 0.25) is 0 Å². The molecule has 0 spiro atoms. The van der Waals surface area contributed by atoms with Crippen molar-refractivity contribution in [3.63, 3.8) is 0 Å². The quantitative estimate of drug-likeness (QED) is 0.718. The Bertz CT molecular complexity index is 879. The lowest BCUT2D eigenvalue weighted by atomic mass is 9.86. The number of hydrogen-bond acceptors (Lipinski definition) is 5. The van der Waals surface area contributed by atoms with Gasteiger partial charge in [-0.2, -0.15) is 0 Å². The number of imide groups is 1. The maximum atomic E-state index is 12.1. The molecule has 29 heavy (non-hydrogen) atoms. The summed E-state index contributed by atoms with van der Waals surface area (Å²) in [5.41, 5.74) is 7.42. The van der Waals surface area contributed by atoms with Crippen LogP contribution in [-0.2, 0) is 10.2 Å². The van der Waals surface area contributed by atoms with E-state index in [0.29, 0.717) is 11.2 Å². The topological polar surface area (TPSA) is 103 Å². The van der Waals surface area contributed by atoms with E-state index >= 15 is 0 Å². The third-order valence-electron chi connectivity index (χ3n) is 5.26. The van der Waals surface area contributed by atoms with Gasteiger partial charge in [-0.15, -0.1) is 10.2 Å². The van der Waals surface area contributed by atoms with Gasteiger partial charge < -0.3 is 5.73 Å². The van der Waals surface area contributed by atoms with E-state index in [0.717, 1.165) is 24.2 Å². The highest BCUT2D eigenvalue weighted by Crippen LogP contribution is 2.38. The monoisotopic (exact) mass is 415 g/mol. The summed E-state index contributed by atoms with van der Waals surface area (Å²) in [6, 6.07) is 7.93. The predicted octanol–water partition coefficient (Wildman–Crippen LogP) is 4.03. The molecule has 0 saturated heterocycles. The molecule has 1 saturated carbocycles. The first-order valence-corrected chi connectivity index (χ1v) is 10.9. The molecule has 8 heteroatoms. The number of rotatable bonds is 5. The Balaban J connectivity index is 1.92. The van der Waals surface area contributed by atoms with E-state index in [1.165, 1.54) is 30.2 Å². The molecule has 3 amide bonds. The van der Waals surface area contributed by atoms with Crippen molar-refractivity contribution in [2.75, 3.05) is 0 Å². The van der Waals surface area contributed by atoms with E-state index < -0.39 is 17.2 Å². The Kier molecular flexibility index (Phi) is 6.31. The van der Waals surface area contributed by atoms with Crippen molar-refractivity contribution in [1.29, 1.82) is 0 Å². The number of thioether (sulfide) groups is 1. The van der Waals surface area contributed by atoms with Gasteiger partial charge in [-0.05, 0) is 30.7 Å². The number of hydrogen-bond donors (Lipinski definition) is 2. The van der Waals surface area contributed by atoms with Gasteiger partial charge in [0.25, 0.3) is 0 Å². The molecule has 7 nitrogen and oxygen atoms in total. The number of urea groups is 1. The van der Waals surface area contributed by atoms with E-state index in [1.807, 2.05) is 0 Å². The van der Waals surface area contributed by atoms with Crippen molar-refractivity contribution in [2.24, 2.45) is 5.73 Å². The lowest BCUT2D eigenvalue weighted by molar-refractivity contribution is -0.119. The average molecular weight is 416 g/mol. The van der Waals surface area contributed by atoms with Crippen LogP contribution in [0.15, 0.2) is 29.4 Å². The van der Waals surface area contributed by atoms with Crippen LogP contribution in [0.1, 0.15) is 65.0 Å². The van der Waals surface area contributed by atoms with Gasteiger partial charge in [0.15, 0.2) is 11.0 Å². The number of amides is 3. The standard InChI is InChI=1S/C21H29N5O2S/c1-13(18(27)23-19(22)28)29-20-25-24-17(26(20)16-7-5-6-8-16)14-9-11-15(12-10-14)21(2,3)4/h9-13,16H,5-8H2,1-4H3,(H3,22,23,27,28)/t13-/m1/s1. The van der Waals surface area contributed by atoms with Crippen LogP contribution < -0.4 is 11.1 Å². The second kappa shape index (κ2) is 8.57. The Morgan fingerprint density at radius 1 is 1.17 bits per heavy atom. The van der Waals surface area contributed by atoms with Crippen LogP contribution in [0, 0.1) is 0 Å². The highest BCUT2D eigenvalue weighted by atomic mass is 32.2. The second-order valence-corrected chi connectivity index (χ2v) is 9.86. The smallest absolute Gasteiger partial charge is 0.318 e. The summed E-state index contributed by atoms with van der Waals surface area (Å²) >= 11 is 1.30. The lowest BCUT2D eigenvalue weighted by Gasteiger charge is -2.20. The third-order valence-corrected chi connectivity index (χ3v) is 6.32. The number of nitrogens with zero attached hydrogens (tertiary/aromatic N) is 3. The van der Waals surface area contributed by atoms with E-state index in [-0.39, 0.29) is 5.41 Å². The minimum absolute atomic E-state index is 0.0852. The van der Waals surface area contributed by atoms with Gasteiger partial charge >= 0.3 is 6.03 Å². The van der Waals surface area contributed by atoms with E-state index in [2.05, 4.69) is 65.1 Å². The number of carbonyl (C=O) groups is 2. The fraction of sp³-hybridized carbons (Fsp3) is 0.524. The van der Waals surface area contributed by atoms with Crippen molar-refractivity contribution in [1.82, 2.24) is 20.1 Å². The highest BCUT2D eigenvalue weighted by Gasteiger charge is 2.27. The van der Waals surface area contributed by atoms with E-state index in [4.69, 9.17) is 5.73 Å². The number of nitrogens with one attached hydrogen (secondary N) is 1. The summed E-state index contributed by atoms with van der Waals surface area (Å²) in [6.45, 7) is 8.30. The Labute approximate surface area is 175 Å².